The van der Waals surface area contributed by atoms with Gasteiger partial charge in [0.25, 0.3) is 0 Å². The van der Waals surface area contributed by atoms with Gasteiger partial charge in [-0.15, -0.1) is 0 Å². The molecule has 9 heterocycles. The van der Waals surface area contributed by atoms with E-state index in [1.807, 2.05) is 0 Å². The number of carbonyl (C=O) groups is 3. The van der Waals surface area contributed by atoms with Crippen molar-refractivity contribution in [2.45, 2.75) is 140 Å². The van der Waals surface area contributed by atoms with Gasteiger partial charge in [0, 0.05) is 62.3 Å². The Morgan fingerprint density at radius 2 is 0.938 bits per heavy atom. The number of cyclic esters (lactones) is 1. The van der Waals surface area contributed by atoms with Crippen LogP contribution in [0.2, 0.25) is 5.15 Å². The largest absolute Gasteiger partial charge is 0.465 e. The zero-order valence-electron chi connectivity index (χ0n) is 50.1. The van der Waals surface area contributed by atoms with Gasteiger partial charge >= 0.3 is 24.5 Å². The van der Waals surface area contributed by atoms with E-state index in [-0.39, 0.29) is 118 Å². The molecule has 6 aromatic rings. The van der Waals surface area contributed by atoms with Crippen molar-refractivity contribution in [1.29, 1.82) is 0 Å². The number of alkyl halides is 9. The number of carbonyl (C=O) groups excluding carboxylic acids is 3. The Bertz CT molecular complexity index is 3540. The van der Waals surface area contributed by atoms with E-state index >= 15 is 0 Å². The fourth-order valence-corrected chi connectivity index (χ4v) is 11.7. The Kier molecular flexibility index (Phi) is 13.4. The van der Waals surface area contributed by atoms with Crippen LogP contribution in [-0.4, -0.2) is 82.3 Å². The van der Waals surface area contributed by atoms with E-state index in [0.29, 0.717) is 40.0 Å². The smallest absolute Gasteiger partial charge is 0.419 e. The van der Waals surface area contributed by atoms with Crippen LogP contribution in [0.3, 0.4) is 0 Å². The third-order valence-corrected chi connectivity index (χ3v) is 16.7. The monoisotopic (exact) mass is 1210 g/mol. The number of nitrogens with one attached hydrogen (secondary N) is 5. The summed E-state index contributed by atoms with van der Waals surface area (Å²) in [6, 6.07) is 0. The predicted molar refractivity (Wildman–Crippen MR) is 280 cm³/mol. The van der Waals surface area contributed by atoms with E-state index in [2.05, 4.69) is 71.4 Å². The van der Waals surface area contributed by atoms with Gasteiger partial charge in [0.1, 0.15) is 35.4 Å². The Balaban J connectivity index is 0.000000172. The molecule has 0 bridgehead atoms. The lowest BCUT2D eigenvalue weighted by Crippen LogP contribution is -2.32. The normalized spacial score (nSPS) is 24.0. The second kappa shape index (κ2) is 22.2. The minimum atomic E-state index is -4.59. The first kappa shape index (κ1) is 48.3. The maximum atomic E-state index is 13.0. The summed E-state index contributed by atoms with van der Waals surface area (Å²) in [5.74, 6) is -2.17. The molecule has 5 N–H and O–H groups in total. The van der Waals surface area contributed by atoms with Gasteiger partial charge in [-0.05, 0) is 79.9 Å². The van der Waals surface area contributed by atoms with Crippen LogP contribution in [0.15, 0.2) is 18.6 Å². The molecule has 3 saturated heterocycles. The first-order valence-electron chi connectivity index (χ1n) is 28.2. The number of hydrogen-bond acceptors (Lipinski definition) is 19. The molecular formula is C49H52ClF9N14O4S3. The molecule has 80 heavy (non-hydrogen) atoms. The number of aromatic nitrogens is 9. The Labute approximate surface area is 481 Å². The number of esters is 1. The molecule has 18 nitrogen and oxygen atoms in total. The highest BCUT2D eigenvalue weighted by molar-refractivity contribution is 7.17. The molecule has 0 radical (unpaired) electrons. The fraction of sp³-hybridized carbons (Fsp3) is 0.510. The van der Waals surface area contributed by atoms with Crippen molar-refractivity contribution in [1.82, 2.24) is 55.5 Å². The summed E-state index contributed by atoms with van der Waals surface area (Å²) >= 11 is 8.86. The second-order valence-corrected chi connectivity index (χ2v) is 22.1. The molecule has 31 heteroatoms. The number of amides is 2. The molecule has 430 valence electrons. The van der Waals surface area contributed by atoms with Crippen LogP contribution in [0.1, 0.15) is 157 Å². The van der Waals surface area contributed by atoms with Gasteiger partial charge in [0.15, 0.2) is 5.15 Å². The van der Waals surface area contributed by atoms with Gasteiger partial charge in [-0.3, -0.25) is 14.4 Å². The predicted octanol–water partition coefficient (Wildman–Crippen LogP) is 11.8. The van der Waals surface area contributed by atoms with Crippen molar-refractivity contribution >= 4 is 96.2 Å². The molecule has 3 aliphatic heterocycles. The number of halogens is 10. The van der Waals surface area contributed by atoms with Gasteiger partial charge in [0.2, 0.25) is 29.7 Å². The Morgan fingerprint density at radius 1 is 0.575 bits per heavy atom. The van der Waals surface area contributed by atoms with Crippen LogP contribution in [0.25, 0.3) is 0 Å². The maximum absolute atomic E-state index is 13.0. The van der Waals surface area contributed by atoms with Gasteiger partial charge < -0.3 is 31.3 Å². The molecule has 6 aromatic heterocycles. The van der Waals surface area contributed by atoms with Gasteiger partial charge in [0.05, 0.1) is 62.6 Å². The van der Waals surface area contributed by atoms with E-state index in [1.54, 1.807) is 0 Å². The maximum Gasteiger partial charge on any atom is 0.419 e. The van der Waals surface area contributed by atoms with E-state index in [1.165, 1.54) is 20.8 Å². The van der Waals surface area contributed by atoms with E-state index in [9.17, 15) is 53.9 Å². The van der Waals surface area contributed by atoms with Crippen molar-refractivity contribution in [2.24, 2.45) is 0 Å². The number of rotatable bonds is 11. The molecule has 2 aliphatic carbocycles. The third-order valence-electron chi connectivity index (χ3n) is 12.9. The SMILES string of the molecule is C.[2H]C([2H])([2H])[C@@]1(c2nc(C3CC3)c(Nc3ncc(C(F)(F)F)c(C)n3)s2)CCNC1=O.[2H]C([2H])([2H])[C@@]1(c2nc(Cl)c(Nc3ncc(C(F)(F)F)c(C)n3)s2)CCOC1=O.[2H]C([2H])([2H])[C@]1(c2nc(C3CC3)c(Nc3ncc(C(F)(F)F)c(C)n3)s2)CCNC1=O. The summed E-state index contributed by atoms with van der Waals surface area (Å²) in [7, 11) is 0. The third kappa shape index (κ3) is 12.4. The van der Waals surface area contributed by atoms with Gasteiger partial charge in [-0.25, -0.2) is 44.9 Å². The van der Waals surface area contributed by atoms with Crippen molar-refractivity contribution in [3.63, 3.8) is 0 Å². The number of aryl methyl sites for hydroxylation is 3. The molecule has 0 spiro atoms. The topological polar surface area (TPSA) is 237 Å². The van der Waals surface area contributed by atoms with E-state index in [0.717, 1.165) is 59.7 Å². The Morgan fingerprint density at radius 3 is 1.24 bits per heavy atom. The van der Waals surface area contributed by atoms with Gasteiger partial charge in [-0.1, -0.05) is 53.0 Å². The summed E-state index contributed by atoms with van der Waals surface area (Å²) in [5.41, 5.74) is -7.83. The summed E-state index contributed by atoms with van der Waals surface area (Å²) < 4.78 is 192. The second-order valence-electron chi connectivity index (χ2n) is 18.7. The summed E-state index contributed by atoms with van der Waals surface area (Å²) in [6.07, 6.45) is -8.14. The molecule has 2 amide bonds. The lowest BCUT2D eigenvalue weighted by atomic mass is 9.90. The quantitative estimate of drug-likeness (QED) is 0.0599. The minimum absolute atomic E-state index is 0. The van der Waals surface area contributed by atoms with Crippen LogP contribution >= 0.6 is 45.6 Å². The van der Waals surface area contributed by atoms with Crippen LogP contribution < -0.4 is 26.6 Å². The van der Waals surface area contributed by atoms with Crippen molar-refractivity contribution < 1.29 is 71.0 Å². The lowest BCUT2D eigenvalue weighted by Gasteiger charge is -2.16. The van der Waals surface area contributed by atoms with Gasteiger partial charge in [-0.2, -0.15) is 39.5 Å². The lowest BCUT2D eigenvalue weighted by molar-refractivity contribution is -0.142. The number of thiazole rings is 3. The zero-order valence-corrected chi connectivity index (χ0v) is 44.3. The van der Waals surface area contributed by atoms with Crippen molar-refractivity contribution in [3.05, 3.63) is 83.9 Å². The highest BCUT2D eigenvalue weighted by Crippen LogP contribution is 2.50. The molecule has 0 aromatic carbocycles. The first-order chi connectivity index (χ1) is 40.7. The molecule has 5 aliphatic rings. The number of anilines is 6. The summed E-state index contributed by atoms with van der Waals surface area (Å²) in [4.78, 5) is 72.9. The highest BCUT2D eigenvalue weighted by atomic mass is 35.5. The first-order valence-corrected chi connectivity index (χ1v) is 26.5. The molecule has 0 unspecified atom stereocenters. The van der Waals surface area contributed by atoms with Crippen molar-refractivity contribution in [2.75, 3.05) is 35.6 Å². The molecule has 11 rings (SSSR count). The van der Waals surface area contributed by atoms with Crippen LogP contribution in [0.4, 0.5) is 72.4 Å². The fourth-order valence-electron chi connectivity index (χ4n) is 8.14. The van der Waals surface area contributed by atoms with E-state index < -0.39 is 89.8 Å². The average molecular weight is 1210 g/mol. The summed E-state index contributed by atoms with van der Waals surface area (Å²) in [5, 5.41) is 14.7. The van der Waals surface area contributed by atoms with Crippen LogP contribution in [0, 0.1) is 20.8 Å². The molecular weight excluding hydrogens is 1150 g/mol. The van der Waals surface area contributed by atoms with Crippen LogP contribution in [-0.2, 0) is 53.9 Å². The highest BCUT2D eigenvalue weighted by Gasteiger charge is 2.47. The number of nitrogens with zero attached hydrogens (tertiary/aromatic N) is 9. The number of hydrogen-bond donors (Lipinski definition) is 5. The van der Waals surface area contributed by atoms with Crippen LogP contribution in [0.5, 0.6) is 0 Å². The Hall–Kier alpha value is -6.40. The molecule has 2 saturated carbocycles. The standard InChI is InChI=1S/2C17H18F3N5OS.C14H12ClF3N4O2S.CH4/c2*1-8-10(17(18,19)20)7-22-15(23-8)25-12-11(9-3-4-9)24-14(27-12)16(2)5-6-21-13(16)26;1-6-7(14(16,17)18)5-19-12(20-6)22-9-8(15)21-10(25-9)13(2)3-4-24-11(13)23;/h2*7,9H,3-6H2,1-2H3,(H,21,26)(H,22,23,25);5H,3-4H2,1-2H3,(H,19,20,22);1H4/t2*16-;13-;/m100./s1/i3*2D3;. The number of ether oxygens (including phenoxy) is 1. The molecule has 5 fully saturated rings. The summed E-state index contributed by atoms with van der Waals surface area (Å²) in [6.45, 7) is -3.86. The van der Waals surface area contributed by atoms with E-state index in [4.69, 9.17) is 28.7 Å². The minimum Gasteiger partial charge on any atom is -0.465 e. The zero-order chi connectivity index (χ0) is 64.7. The average Bonchev–Trinajstić information content (AvgIpc) is 1.51. The van der Waals surface area contributed by atoms with Crippen molar-refractivity contribution in [3.8, 4) is 0 Å². The molecule has 3 atom stereocenters.